The molecular formula is C24H36N4O3. The van der Waals surface area contributed by atoms with E-state index in [2.05, 4.69) is 54.1 Å². The van der Waals surface area contributed by atoms with Gasteiger partial charge < -0.3 is 19.5 Å². The Morgan fingerprint density at radius 3 is 2.42 bits per heavy atom. The molecule has 7 nitrogen and oxygen atoms in total. The van der Waals surface area contributed by atoms with E-state index < -0.39 is 6.10 Å². The third kappa shape index (κ3) is 4.37. The van der Waals surface area contributed by atoms with E-state index in [1.165, 1.54) is 5.69 Å². The summed E-state index contributed by atoms with van der Waals surface area (Å²) < 4.78 is 13.3. The van der Waals surface area contributed by atoms with Crippen molar-refractivity contribution in [3.05, 3.63) is 47.3 Å². The fraction of sp³-hybridized carbons (Fsp3) is 0.625. The summed E-state index contributed by atoms with van der Waals surface area (Å²) in [5, 5.41) is 15.9. The quantitative estimate of drug-likeness (QED) is 0.697. The molecule has 0 radical (unpaired) electrons. The van der Waals surface area contributed by atoms with Gasteiger partial charge in [-0.05, 0) is 37.7 Å². The number of rotatable bonds is 8. The third-order valence-electron chi connectivity index (χ3n) is 6.95. The molecular weight excluding hydrogens is 392 g/mol. The van der Waals surface area contributed by atoms with Crippen molar-refractivity contribution in [3.63, 3.8) is 0 Å². The number of hydrogen-bond acceptors (Lipinski definition) is 6. The zero-order chi connectivity index (χ0) is 22.0. The van der Waals surface area contributed by atoms with Crippen LogP contribution in [-0.2, 0) is 16.1 Å². The molecule has 0 bridgehead atoms. The second kappa shape index (κ2) is 9.69. The van der Waals surface area contributed by atoms with E-state index >= 15 is 0 Å². The number of ether oxygens (including phenoxy) is 2. The summed E-state index contributed by atoms with van der Waals surface area (Å²) in [5.74, 6) is -0.0846. The van der Waals surface area contributed by atoms with Gasteiger partial charge in [-0.15, -0.1) is 0 Å². The molecule has 0 spiro atoms. The lowest BCUT2D eigenvalue weighted by atomic mass is 9.63. The van der Waals surface area contributed by atoms with Gasteiger partial charge in [-0.25, -0.2) is 0 Å². The minimum atomic E-state index is -0.482. The van der Waals surface area contributed by atoms with E-state index in [1.54, 1.807) is 7.11 Å². The van der Waals surface area contributed by atoms with Gasteiger partial charge in [0.1, 0.15) is 0 Å². The van der Waals surface area contributed by atoms with Crippen LogP contribution < -0.4 is 4.90 Å². The first-order valence-electron chi connectivity index (χ1n) is 11.5. The summed E-state index contributed by atoms with van der Waals surface area (Å²) in [4.78, 5) is 4.66. The minimum absolute atomic E-state index is 0.0285. The van der Waals surface area contributed by atoms with E-state index in [-0.39, 0.29) is 17.9 Å². The van der Waals surface area contributed by atoms with Crippen LogP contribution in [0.1, 0.15) is 42.5 Å². The molecule has 4 unspecified atom stereocenters. The number of hydrogen-bond donors (Lipinski definition) is 1. The van der Waals surface area contributed by atoms with E-state index in [9.17, 15) is 5.11 Å². The number of aryl methyl sites for hydroxylation is 1. The van der Waals surface area contributed by atoms with Gasteiger partial charge in [-0.1, -0.05) is 26.0 Å². The monoisotopic (exact) mass is 428 g/mol. The van der Waals surface area contributed by atoms with Crippen LogP contribution in [-0.4, -0.2) is 78.5 Å². The van der Waals surface area contributed by atoms with Crippen LogP contribution in [0.4, 0.5) is 5.69 Å². The van der Waals surface area contributed by atoms with Gasteiger partial charge >= 0.3 is 0 Å². The normalized spacial score (nSPS) is 26.3. The average molecular weight is 429 g/mol. The molecule has 1 N–H and O–H groups in total. The Labute approximate surface area is 185 Å². The van der Waals surface area contributed by atoms with Crippen LogP contribution in [0.5, 0.6) is 0 Å². The van der Waals surface area contributed by atoms with Crippen LogP contribution in [0.15, 0.2) is 30.5 Å². The largest absolute Gasteiger partial charge is 0.392 e. The van der Waals surface area contributed by atoms with Gasteiger partial charge in [-0.3, -0.25) is 9.58 Å². The van der Waals surface area contributed by atoms with Crippen LogP contribution in [0.25, 0.3) is 0 Å². The lowest BCUT2D eigenvalue weighted by molar-refractivity contribution is -0.0988. The standard InChI is InChI=1S/C24H36N4O3/c1-5-26(6-2)16-28-15-20(17(3)25-28)22-23(29)21(24(22)30-4)18-7-9-19(10-8-18)27-11-13-31-14-12-27/h7-10,15,21-24,29H,5-6,11-14,16H2,1-4H3. The number of aromatic nitrogens is 2. The molecule has 2 heterocycles. The Morgan fingerprint density at radius 1 is 1.13 bits per heavy atom. The predicted molar refractivity (Wildman–Crippen MR) is 122 cm³/mol. The molecule has 4 rings (SSSR count). The van der Waals surface area contributed by atoms with Crippen molar-refractivity contribution in [2.45, 2.75) is 51.5 Å². The molecule has 1 saturated heterocycles. The van der Waals surface area contributed by atoms with E-state index in [4.69, 9.17) is 14.6 Å². The molecule has 1 saturated carbocycles. The van der Waals surface area contributed by atoms with E-state index in [1.807, 2.05) is 11.6 Å². The maximum absolute atomic E-state index is 11.1. The fourth-order valence-electron chi connectivity index (χ4n) is 5.02. The van der Waals surface area contributed by atoms with Crippen molar-refractivity contribution >= 4 is 5.69 Å². The molecule has 1 aromatic carbocycles. The fourth-order valence-corrected chi connectivity index (χ4v) is 5.02. The number of methoxy groups -OCH3 is 1. The van der Waals surface area contributed by atoms with Crippen LogP contribution >= 0.6 is 0 Å². The molecule has 2 aromatic rings. The summed E-state index contributed by atoms with van der Waals surface area (Å²) in [7, 11) is 1.74. The summed E-state index contributed by atoms with van der Waals surface area (Å²) in [5.41, 5.74) is 4.40. The van der Waals surface area contributed by atoms with Crippen molar-refractivity contribution in [1.29, 1.82) is 0 Å². The van der Waals surface area contributed by atoms with Crippen molar-refractivity contribution in [1.82, 2.24) is 14.7 Å². The van der Waals surface area contributed by atoms with Gasteiger partial charge in [0.2, 0.25) is 0 Å². The highest BCUT2D eigenvalue weighted by molar-refractivity contribution is 5.49. The maximum Gasteiger partial charge on any atom is 0.0928 e. The topological polar surface area (TPSA) is 63.0 Å². The van der Waals surface area contributed by atoms with Crippen molar-refractivity contribution in [2.24, 2.45) is 0 Å². The molecule has 7 heteroatoms. The Kier molecular flexibility index (Phi) is 6.96. The predicted octanol–water partition coefficient (Wildman–Crippen LogP) is 2.58. The molecule has 1 aromatic heterocycles. The SMILES string of the molecule is CCN(CC)Cn1cc(C2C(O)C(c3ccc(N4CCOCC4)cc3)C2OC)c(C)n1. The molecule has 0 amide bonds. The Morgan fingerprint density at radius 2 is 1.81 bits per heavy atom. The average Bonchev–Trinajstić information content (AvgIpc) is 3.15. The van der Waals surface area contributed by atoms with Crippen molar-refractivity contribution < 1.29 is 14.6 Å². The zero-order valence-corrected chi connectivity index (χ0v) is 19.2. The molecule has 170 valence electrons. The van der Waals surface area contributed by atoms with Crippen LogP contribution in [0.3, 0.4) is 0 Å². The first-order chi connectivity index (χ1) is 15.1. The Hall–Kier alpha value is -1.93. The molecule has 1 aliphatic carbocycles. The molecule has 2 aliphatic rings. The highest BCUT2D eigenvalue weighted by Crippen LogP contribution is 2.50. The van der Waals surface area contributed by atoms with Crippen molar-refractivity contribution in [3.8, 4) is 0 Å². The Balaban J connectivity index is 1.49. The van der Waals surface area contributed by atoms with Gasteiger partial charge in [0, 0.05) is 49.5 Å². The molecule has 4 atom stereocenters. The number of aliphatic hydroxyl groups is 1. The third-order valence-corrected chi connectivity index (χ3v) is 6.95. The van der Waals surface area contributed by atoms with Gasteiger partial charge in [-0.2, -0.15) is 5.10 Å². The van der Waals surface area contributed by atoms with Gasteiger partial charge in [0.15, 0.2) is 0 Å². The summed E-state index contributed by atoms with van der Waals surface area (Å²) >= 11 is 0. The number of anilines is 1. The maximum atomic E-state index is 11.1. The lowest BCUT2D eigenvalue weighted by Gasteiger charge is -2.48. The highest BCUT2D eigenvalue weighted by Gasteiger charge is 2.52. The summed E-state index contributed by atoms with van der Waals surface area (Å²) in [6, 6.07) is 8.58. The number of benzene rings is 1. The van der Waals surface area contributed by atoms with E-state index in [0.29, 0.717) is 0 Å². The number of aliphatic hydroxyl groups excluding tert-OH is 1. The van der Waals surface area contributed by atoms with Gasteiger partial charge in [0.25, 0.3) is 0 Å². The smallest absolute Gasteiger partial charge is 0.0928 e. The summed E-state index contributed by atoms with van der Waals surface area (Å²) in [6.07, 6.45) is 1.55. The highest BCUT2D eigenvalue weighted by atomic mass is 16.5. The molecule has 31 heavy (non-hydrogen) atoms. The molecule has 2 fully saturated rings. The second-order valence-corrected chi connectivity index (χ2v) is 8.59. The van der Waals surface area contributed by atoms with Crippen molar-refractivity contribution in [2.75, 3.05) is 51.4 Å². The molecule has 1 aliphatic heterocycles. The van der Waals surface area contributed by atoms with Crippen LogP contribution in [0.2, 0.25) is 0 Å². The minimum Gasteiger partial charge on any atom is -0.392 e. The van der Waals surface area contributed by atoms with Gasteiger partial charge in [0.05, 0.1) is 37.8 Å². The number of morpholine rings is 1. The first-order valence-corrected chi connectivity index (χ1v) is 11.5. The Bertz CT molecular complexity index is 843. The lowest BCUT2D eigenvalue weighted by Crippen LogP contribution is -2.52. The van der Waals surface area contributed by atoms with Crippen LogP contribution in [0, 0.1) is 6.92 Å². The number of nitrogens with zero attached hydrogens (tertiary/aromatic N) is 4. The zero-order valence-electron chi connectivity index (χ0n) is 19.2. The summed E-state index contributed by atoms with van der Waals surface area (Å²) in [6.45, 7) is 12.5. The first kappa shape index (κ1) is 22.3. The van der Waals surface area contributed by atoms with E-state index in [0.717, 1.165) is 62.9 Å². The second-order valence-electron chi connectivity index (χ2n) is 8.59.